The third-order valence-electron chi connectivity index (χ3n) is 5.96. The number of nitrogens with one attached hydrogen (secondary N) is 2. The van der Waals surface area contributed by atoms with Crippen LogP contribution in [0.1, 0.15) is 43.4 Å². The number of aryl methyl sites for hydroxylation is 1. The van der Waals surface area contributed by atoms with Gasteiger partial charge in [-0.1, -0.05) is 13.8 Å². The Kier molecular flexibility index (Phi) is 5.94. The number of carbonyl (C=O) groups excluding carboxylic acids is 1. The van der Waals surface area contributed by atoms with Crippen LogP contribution < -0.4 is 15.5 Å². The molecule has 2 N–H and O–H groups in total. The maximum absolute atomic E-state index is 12.5. The highest BCUT2D eigenvalue weighted by Crippen LogP contribution is 2.41. The lowest BCUT2D eigenvalue weighted by Crippen LogP contribution is -2.50. The van der Waals surface area contributed by atoms with Crippen molar-refractivity contribution in [2.45, 2.75) is 39.7 Å². The van der Waals surface area contributed by atoms with Crippen molar-refractivity contribution < 1.29 is 9.21 Å². The van der Waals surface area contributed by atoms with Crippen molar-refractivity contribution in [1.82, 2.24) is 25.5 Å². The Hall–Kier alpha value is -2.61. The van der Waals surface area contributed by atoms with Crippen LogP contribution in [0.25, 0.3) is 0 Å². The molecule has 2 aromatic rings. The van der Waals surface area contributed by atoms with E-state index in [-0.39, 0.29) is 17.5 Å². The molecule has 0 saturated carbocycles. The SMILES string of the molecule is Cc1cc2c(o1)CC(C)(C)CC2NC(=O)NCCN1CCN(c2ncccn2)CC1. The van der Waals surface area contributed by atoms with Crippen molar-refractivity contribution in [1.29, 1.82) is 0 Å². The molecule has 1 unspecified atom stereocenters. The quantitative estimate of drug-likeness (QED) is 0.785. The summed E-state index contributed by atoms with van der Waals surface area (Å²) in [4.78, 5) is 25.7. The van der Waals surface area contributed by atoms with Gasteiger partial charge in [0.1, 0.15) is 11.5 Å². The van der Waals surface area contributed by atoms with Crippen LogP contribution in [0, 0.1) is 12.3 Å². The molecule has 30 heavy (non-hydrogen) atoms. The molecule has 8 nitrogen and oxygen atoms in total. The summed E-state index contributed by atoms with van der Waals surface area (Å²) in [6.07, 6.45) is 5.38. The number of rotatable bonds is 5. The molecule has 1 fully saturated rings. The van der Waals surface area contributed by atoms with Gasteiger partial charge in [0, 0.05) is 63.6 Å². The lowest BCUT2D eigenvalue weighted by Gasteiger charge is -2.35. The molecule has 0 aromatic carbocycles. The van der Waals surface area contributed by atoms with Crippen molar-refractivity contribution in [3.63, 3.8) is 0 Å². The van der Waals surface area contributed by atoms with Crippen LogP contribution in [-0.2, 0) is 6.42 Å². The molecular weight excluding hydrogens is 380 g/mol. The minimum absolute atomic E-state index is 0.00406. The monoisotopic (exact) mass is 412 g/mol. The Labute approximate surface area is 178 Å². The number of urea groups is 1. The maximum Gasteiger partial charge on any atom is 0.315 e. The molecule has 0 spiro atoms. The van der Waals surface area contributed by atoms with Crippen molar-refractivity contribution >= 4 is 12.0 Å². The number of furan rings is 1. The number of hydrogen-bond donors (Lipinski definition) is 2. The van der Waals surface area contributed by atoms with E-state index in [4.69, 9.17) is 4.42 Å². The fourth-order valence-electron chi connectivity index (χ4n) is 4.48. The third kappa shape index (κ3) is 4.92. The van der Waals surface area contributed by atoms with Crippen LogP contribution in [0.3, 0.4) is 0 Å². The molecule has 2 aromatic heterocycles. The average molecular weight is 413 g/mol. The summed E-state index contributed by atoms with van der Waals surface area (Å²) in [7, 11) is 0. The van der Waals surface area contributed by atoms with E-state index in [1.54, 1.807) is 12.4 Å². The van der Waals surface area contributed by atoms with Crippen LogP contribution in [-0.4, -0.2) is 60.2 Å². The Morgan fingerprint density at radius 2 is 1.97 bits per heavy atom. The zero-order valence-electron chi connectivity index (χ0n) is 18.1. The molecule has 1 aliphatic heterocycles. The van der Waals surface area contributed by atoms with E-state index in [9.17, 15) is 4.79 Å². The maximum atomic E-state index is 12.5. The van der Waals surface area contributed by atoms with E-state index in [1.807, 2.05) is 13.0 Å². The molecule has 1 aliphatic carbocycles. The van der Waals surface area contributed by atoms with Crippen LogP contribution in [0.15, 0.2) is 28.9 Å². The van der Waals surface area contributed by atoms with Crippen molar-refractivity contribution in [3.05, 3.63) is 41.6 Å². The molecule has 2 amide bonds. The normalized spacial score (nSPS) is 21.2. The van der Waals surface area contributed by atoms with E-state index in [2.05, 4.69) is 50.3 Å². The van der Waals surface area contributed by atoms with Gasteiger partial charge in [0.2, 0.25) is 5.95 Å². The number of fused-ring (bicyclic) bond motifs is 1. The van der Waals surface area contributed by atoms with E-state index in [0.717, 1.165) is 68.6 Å². The van der Waals surface area contributed by atoms with Crippen molar-refractivity contribution in [2.24, 2.45) is 5.41 Å². The minimum atomic E-state index is -0.112. The standard InChI is InChI=1S/C22H32N6O2/c1-16-13-17-18(14-22(2,3)15-19(17)30-16)26-21(29)25-7-8-27-9-11-28(12-10-27)20-23-5-4-6-24-20/h4-6,13,18H,7-12,14-15H2,1-3H3,(H2,25,26,29). The predicted molar refractivity (Wildman–Crippen MR) is 116 cm³/mol. The van der Waals surface area contributed by atoms with E-state index in [1.165, 1.54) is 0 Å². The van der Waals surface area contributed by atoms with Gasteiger partial charge in [0.25, 0.3) is 0 Å². The summed E-state index contributed by atoms with van der Waals surface area (Å²) in [5.41, 5.74) is 1.23. The lowest BCUT2D eigenvalue weighted by atomic mass is 9.75. The van der Waals surface area contributed by atoms with Gasteiger partial charge in [0.05, 0.1) is 6.04 Å². The van der Waals surface area contributed by atoms with Gasteiger partial charge in [-0.25, -0.2) is 14.8 Å². The average Bonchev–Trinajstić information content (AvgIpc) is 3.08. The predicted octanol–water partition coefficient (Wildman–Crippen LogP) is 2.51. The fraction of sp³-hybridized carbons (Fsp3) is 0.591. The summed E-state index contributed by atoms with van der Waals surface area (Å²) < 4.78 is 5.86. The highest BCUT2D eigenvalue weighted by Gasteiger charge is 2.35. The highest BCUT2D eigenvalue weighted by atomic mass is 16.3. The highest BCUT2D eigenvalue weighted by molar-refractivity contribution is 5.74. The molecule has 2 aliphatic rings. The first-order valence-corrected chi connectivity index (χ1v) is 10.8. The molecule has 0 radical (unpaired) electrons. The van der Waals surface area contributed by atoms with Gasteiger partial charge in [0.15, 0.2) is 0 Å². The number of carbonyl (C=O) groups is 1. The Balaban J connectivity index is 1.21. The second-order valence-electron chi connectivity index (χ2n) is 9.11. The van der Waals surface area contributed by atoms with Crippen molar-refractivity contribution in [2.75, 3.05) is 44.2 Å². The van der Waals surface area contributed by atoms with E-state index in [0.29, 0.717) is 6.54 Å². The number of amides is 2. The number of hydrogen-bond acceptors (Lipinski definition) is 6. The zero-order chi connectivity index (χ0) is 21.1. The Morgan fingerprint density at radius 3 is 2.70 bits per heavy atom. The van der Waals surface area contributed by atoms with Crippen LogP contribution in [0.5, 0.6) is 0 Å². The molecular formula is C22H32N6O2. The van der Waals surface area contributed by atoms with Gasteiger partial charge < -0.3 is 20.0 Å². The lowest BCUT2D eigenvalue weighted by molar-refractivity contribution is 0.211. The van der Waals surface area contributed by atoms with Gasteiger partial charge in [-0.2, -0.15) is 0 Å². The largest absolute Gasteiger partial charge is 0.466 e. The third-order valence-corrected chi connectivity index (χ3v) is 5.96. The molecule has 4 rings (SSSR count). The van der Waals surface area contributed by atoms with Gasteiger partial charge in [-0.3, -0.25) is 4.90 Å². The van der Waals surface area contributed by atoms with Gasteiger partial charge in [-0.05, 0) is 30.9 Å². The summed E-state index contributed by atoms with van der Waals surface area (Å²) >= 11 is 0. The topological polar surface area (TPSA) is 86.5 Å². The second kappa shape index (κ2) is 8.63. The molecule has 1 saturated heterocycles. The number of aromatic nitrogens is 2. The summed E-state index contributed by atoms with van der Waals surface area (Å²) in [6.45, 7) is 11.6. The second-order valence-corrected chi connectivity index (χ2v) is 9.11. The van der Waals surface area contributed by atoms with Crippen LogP contribution >= 0.6 is 0 Å². The number of piperazine rings is 1. The summed E-state index contributed by atoms with van der Waals surface area (Å²) in [5, 5.41) is 6.18. The Morgan fingerprint density at radius 1 is 1.23 bits per heavy atom. The van der Waals surface area contributed by atoms with Crippen LogP contribution in [0.2, 0.25) is 0 Å². The zero-order valence-corrected chi connectivity index (χ0v) is 18.1. The summed E-state index contributed by atoms with van der Waals surface area (Å²) in [6, 6.07) is 3.78. The molecule has 8 heteroatoms. The molecule has 1 atom stereocenters. The van der Waals surface area contributed by atoms with E-state index < -0.39 is 0 Å². The first-order chi connectivity index (χ1) is 14.4. The minimum Gasteiger partial charge on any atom is -0.466 e. The van der Waals surface area contributed by atoms with Crippen molar-refractivity contribution in [3.8, 4) is 0 Å². The van der Waals surface area contributed by atoms with Gasteiger partial charge >= 0.3 is 6.03 Å². The number of anilines is 1. The Bertz CT molecular complexity index is 858. The fourth-order valence-corrected chi connectivity index (χ4v) is 4.48. The van der Waals surface area contributed by atoms with Crippen LogP contribution in [0.4, 0.5) is 10.7 Å². The first-order valence-electron chi connectivity index (χ1n) is 10.8. The molecule has 162 valence electrons. The molecule has 0 bridgehead atoms. The first kappa shape index (κ1) is 20.7. The molecule has 3 heterocycles. The smallest absolute Gasteiger partial charge is 0.315 e. The number of nitrogens with zero attached hydrogens (tertiary/aromatic N) is 4. The summed E-state index contributed by atoms with van der Waals surface area (Å²) in [5.74, 6) is 2.71. The van der Waals surface area contributed by atoms with Gasteiger partial charge in [-0.15, -0.1) is 0 Å². The van der Waals surface area contributed by atoms with E-state index >= 15 is 0 Å².